The standard InChI is InChI=1S/C15H19N3O3S/c1-4-14-17-18-15(22-14)16-13(19)6-5-10-7-11(20-2)9-12(8-10)21-3/h7-9H,4-6H2,1-3H3,(H,16,18,19). The Morgan fingerprint density at radius 3 is 2.41 bits per heavy atom. The van der Waals surface area contributed by atoms with Gasteiger partial charge in [0.05, 0.1) is 14.2 Å². The van der Waals surface area contributed by atoms with E-state index in [4.69, 9.17) is 9.47 Å². The normalized spacial score (nSPS) is 10.3. The molecule has 118 valence electrons. The fraction of sp³-hybridized carbons (Fsp3) is 0.400. The van der Waals surface area contributed by atoms with Gasteiger partial charge in [0, 0.05) is 12.5 Å². The monoisotopic (exact) mass is 321 g/mol. The van der Waals surface area contributed by atoms with Gasteiger partial charge < -0.3 is 14.8 Å². The van der Waals surface area contributed by atoms with Gasteiger partial charge in [-0.1, -0.05) is 18.3 Å². The van der Waals surface area contributed by atoms with E-state index in [1.54, 1.807) is 20.3 Å². The summed E-state index contributed by atoms with van der Waals surface area (Å²) in [5.74, 6) is 1.35. The number of methoxy groups -OCH3 is 2. The number of carbonyl (C=O) groups is 1. The molecule has 1 aromatic heterocycles. The van der Waals surface area contributed by atoms with Crippen LogP contribution in [0, 0.1) is 0 Å². The predicted molar refractivity (Wildman–Crippen MR) is 85.8 cm³/mol. The van der Waals surface area contributed by atoms with Crippen molar-refractivity contribution in [1.82, 2.24) is 10.2 Å². The molecule has 7 heteroatoms. The molecule has 0 bridgehead atoms. The molecule has 0 saturated carbocycles. The van der Waals surface area contributed by atoms with Crippen LogP contribution >= 0.6 is 11.3 Å². The number of nitrogens with zero attached hydrogens (tertiary/aromatic N) is 2. The van der Waals surface area contributed by atoms with Crippen LogP contribution in [0.4, 0.5) is 5.13 Å². The Labute approximate surface area is 133 Å². The third-order valence-corrected chi connectivity index (χ3v) is 4.05. The van der Waals surface area contributed by atoms with Gasteiger partial charge in [-0.05, 0) is 30.5 Å². The molecule has 0 atom stereocenters. The maximum Gasteiger partial charge on any atom is 0.226 e. The number of anilines is 1. The summed E-state index contributed by atoms with van der Waals surface area (Å²) in [5, 5.41) is 12.1. The van der Waals surface area contributed by atoms with E-state index in [0.717, 1.165) is 17.0 Å². The Bertz CT molecular complexity index is 620. The summed E-state index contributed by atoms with van der Waals surface area (Å²) in [7, 11) is 3.21. The van der Waals surface area contributed by atoms with Crippen molar-refractivity contribution in [3.05, 3.63) is 28.8 Å². The number of ether oxygens (including phenoxy) is 2. The van der Waals surface area contributed by atoms with Gasteiger partial charge in [-0.2, -0.15) is 0 Å². The molecule has 2 rings (SSSR count). The lowest BCUT2D eigenvalue weighted by molar-refractivity contribution is -0.116. The highest BCUT2D eigenvalue weighted by Gasteiger charge is 2.09. The van der Waals surface area contributed by atoms with Gasteiger partial charge in [-0.15, -0.1) is 10.2 Å². The molecular weight excluding hydrogens is 302 g/mol. The zero-order valence-corrected chi connectivity index (χ0v) is 13.7. The Balaban J connectivity index is 1.93. The molecule has 0 saturated heterocycles. The summed E-state index contributed by atoms with van der Waals surface area (Å²) in [6.45, 7) is 2.00. The first-order valence-electron chi connectivity index (χ1n) is 6.98. The third-order valence-electron chi connectivity index (χ3n) is 3.07. The summed E-state index contributed by atoms with van der Waals surface area (Å²) in [5.41, 5.74) is 0.984. The first kappa shape index (κ1) is 16.2. The molecule has 1 amide bonds. The van der Waals surface area contributed by atoms with E-state index >= 15 is 0 Å². The van der Waals surface area contributed by atoms with Crippen LogP contribution in [-0.4, -0.2) is 30.3 Å². The average Bonchev–Trinajstić information content (AvgIpc) is 3.00. The lowest BCUT2D eigenvalue weighted by atomic mass is 10.1. The van der Waals surface area contributed by atoms with Crippen molar-refractivity contribution in [3.63, 3.8) is 0 Å². The van der Waals surface area contributed by atoms with Gasteiger partial charge in [-0.3, -0.25) is 4.79 Å². The van der Waals surface area contributed by atoms with E-state index < -0.39 is 0 Å². The first-order valence-corrected chi connectivity index (χ1v) is 7.80. The average molecular weight is 321 g/mol. The Morgan fingerprint density at radius 2 is 1.86 bits per heavy atom. The van der Waals surface area contributed by atoms with Crippen LogP contribution in [0.3, 0.4) is 0 Å². The molecule has 0 radical (unpaired) electrons. The van der Waals surface area contributed by atoms with Gasteiger partial charge in [-0.25, -0.2) is 0 Å². The number of amides is 1. The first-order chi connectivity index (χ1) is 10.6. The van der Waals surface area contributed by atoms with E-state index in [1.807, 2.05) is 19.1 Å². The van der Waals surface area contributed by atoms with Crippen molar-refractivity contribution in [3.8, 4) is 11.5 Å². The van der Waals surface area contributed by atoms with Crippen molar-refractivity contribution in [2.24, 2.45) is 0 Å². The molecule has 0 aliphatic carbocycles. The minimum Gasteiger partial charge on any atom is -0.497 e. The topological polar surface area (TPSA) is 73.3 Å². The molecule has 0 spiro atoms. The summed E-state index contributed by atoms with van der Waals surface area (Å²) >= 11 is 1.40. The molecular formula is C15H19N3O3S. The second-order valence-corrected chi connectivity index (χ2v) is 5.69. The van der Waals surface area contributed by atoms with E-state index in [-0.39, 0.29) is 5.91 Å². The van der Waals surface area contributed by atoms with E-state index in [2.05, 4.69) is 15.5 Å². The van der Waals surface area contributed by atoms with Crippen LogP contribution in [0.1, 0.15) is 23.9 Å². The molecule has 1 heterocycles. The van der Waals surface area contributed by atoms with Crippen LogP contribution in [-0.2, 0) is 17.6 Å². The van der Waals surface area contributed by atoms with Gasteiger partial charge in [0.1, 0.15) is 16.5 Å². The number of rotatable bonds is 7. The van der Waals surface area contributed by atoms with E-state index in [9.17, 15) is 4.79 Å². The van der Waals surface area contributed by atoms with Crippen LogP contribution in [0.2, 0.25) is 0 Å². The Hall–Kier alpha value is -2.15. The van der Waals surface area contributed by atoms with E-state index in [0.29, 0.717) is 29.5 Å². The molecule has 1 N–H and O–H groups in total. The van der Waals surface area contributed by atoms with Crippen LogP contribution in [0.25, 0.3) is 0 Å². The van der Waals surface area contributed by atoms with Gasteiger partial charge in [0.25, 0.3) is 0 Å². The lowest BCUT2D eigenvalue weighted by Gasteiger charge is -2.08. The highest BCUT2D eigenvalue weighted by atomic mass is 32.1. The number of aryl methyl sites for hydroxylation is 2. The van der Waals surface area contributed by atoms with E-state index in [1.165, 1.54) is 11.3 Å². The SMILES string of the molecule is CCc1nnc(NC(=O)CCc2cc(OC)cc(OC)c2)s1. The minimum atomic E-state index is -0.0828. The maximum absolute atomic E-state index is 12.0. The third kappa shape index (κ3) is 4.42. The van der Waals surface area contributed by atoms with Crippen molar-refractivity contribution >= 4 is 22.4 Å². The number of hydrogen-bond donors (Lipinski definition) is 1. The van der Waals surface area contributed by atoms with Crippen LogP contribution in [0.15, 0.2) is 18.2 Å². The fourth-order valence-corrected chi connectivity index (χ4v) is 2.59. The highest BCUT2D eigenvalue weighted by Crippen LogP contribution is 2.23. The fourth-order valence-electron chi connectivity index (χ4n) is 1.90. The molecule has 1 aromatic carbocycles. The van der Waals surface area contributed by atoms with Crippen LogP contribution < -0.4 is 14.8 Å². The van der Waals surface area contributed by atoms with Crippen molar-refractivity contribution in [2.75, 3.05) is 19.5 Å². The molecule has 0 unspecified atom stereocenters. The van der Waals surface area contributed by atoms with Crippen LogP contribution in [0.5, 0.6) is 11.5 Å². The number of aromatic nitrogens is 2. The van der Waals surface area contributed by atoms with Crippen molar-refractivity contribution < 1.29 is 14.3 Å². The maximum atomic E-state index is 12.0. The summed E-state index contributed by atoms with van der Waals surface area (Å²) in [6.07, 6.45) is 1.77. The number of carbonyl (C=O) groups excluding carboxylic acids is 1. The predicted octanol–water partition coefficient (Wildman–Crippen LogP) is 2.69. The molecule has 22 heavy (non-hydrogen) atoms. The minimum absolute atomic E-state index is 0.0828. The highest BCUT2D eigenvalue weighted by molar-refractivity contribution is 7.15. The Morgan fingerprint density at radius 1 is 1.18 bits per heavy atom. The zero-order valence-electron chi connectivity index (χ0n) is 12.9. The summed E-state index contributed by atoms with van der Waals surface area (Å²) < 4.78 is 10.4. The van der Waals surface area contributed by atoms with Gasteiger partial charge in [0.15, 0.2) is 0 Å². The number of benzene rings is 1. The Kier molecular flexibility index (Phi) is 5.71. The second-order valence-electron chi connectivity index (χ2n) is 4.62. The smallest absolute Gasteiger partial charge is 0.226 e. The molecule has 6 nitrogen and oxygen atoms in total. The van der Waals surface area contributed by atoms with Crippen molar-refractivity contribution in [1.29, 1.82) is 0 Å². The summed E-state index contributed by atoms with van der Waals surface area (Å²) in [6, 6.07) is 5.60. The largest absolute Gasteiger partial charge is 0.497 e. The molecule has 0 aliphatic rings. The molecule has 0 fully saturated rings. The number of nitrogens with one attached hydrogen (secondary N) is 1. The second kappa shape index (κ2) is 7.74. The summed E-state index contributed by atoms with van der Waals surface area (Å²) in [4.78, 5) is 12.0. The zero-order chi connectivity index (χ0) is 15.9. The van der Waals surface area contributed by atoms with Crippen molar-refractivity contribution in [2.45, 2.75) is 26.2 Å². The van der Waals surface area contributed by atoms with Gasteiger partial charge in [0.2, 0.25) is 11.0 Å². The molecule has 2 aromatic rings. The quantitative estimate of drug-likeness (QED) is 0.849. The molecule has 0 aliphatic heterocycles. The lowest BCUT2D eigenvalue weighted by Crippen LogP contribution is -2.12. The van der Waals surface area contributed by atoms with Gasteiger partial charge >= 0.3 is 0 Å². The number of hydrogen-bond acceptors (Lipinski definition) is 6.